The number of rotatable bonds is 7. The van der Waals surface area contributed by atoms with E-state index in [9.17, 15) is 4.79 Å². The van der Waals surface area contributed by atoms with Gasteiger partial charge in [0.1, 0.15) is 0 Å². The highest BCUT2D eigenvalue weighted by molar-refractivity contribution is 7.99. The monoisotopic (exact) mass is 325 g/mol. The predicted octanol–water partition coefficient (Wildman–Crippen LogP) is 4.45. The van der Waals surface area contributed by atoms with Crippen molar-refractivity contribution in [2.75, 3.05) is 12.3 Å². The second-order valence-electron chi connectivity index (χ2n) is 5.61. The molecule has 1 aromatic carbocycles. The predicted molar refractivity (Wildman–Crippen MR) is 92.1 cm³/mol. The number of halogens is 1. The highest BCUT2D eigenvalue weighted by Gasteiger charge is 2.13. The Balaban J connectivity index is 1.54. The lowest BCUT2D eigenvalue weighted by Crippen LogP contribution is -2.26. The Morgan fingerprint density at radius 3 is 2.62 bits per heavy atom. The topological polar surface area (TPSA) is 29.1 Å². The first kappa shape index (κ1) is 16.7. The molecule has 0 spiro atoms. The number of hydrogen-bond acceptors (Lipinski definition) is 2. The molecule has 1 aliphatic rings. The molecule has 1 aromatic rings. The third kappa shape index (κ3) is 6.75. The van der Waals surface area contributed by atoms with Crippen LogP contribution in [0.3, 0.4) is 0 Å². The van der Waals surface area contributed by atoms with Crippen LogP contribution >= 0.6 is 23.4 Å². The van der Waals surface area contributed by atoms with Crippen molar-refractivity contribution in [3.05, 3.63) is 34.9 Å². The SMILES string of the molecule is O=C(CCc1ccc(Cl)cc1)NCCSC1CCCCC1. The van der Waals surface area contributed by atoms with E-state index < -0.39 is 0 Å². The molecule has 0 aliphatic heterocycles. The van der Waals surface area contributed by atoms with Gasteiger partial charge < -0.3 is 5.32 Å². The summed E-state index contributed by atoms with van der Waals surface area (Å²) in [5.74, 6) is 1.19. The minimum atomic E-state index is 0.147. The zero-order valence-corrected chi connectivity index (χ0v) is 14.0. The molecule has 1 saturated carbocycles. The number of carbonyl (C=O) groups excluding carboxylic acids is 1. The van der Waals surface area contributed by atoms with Gasteiger partial charge in [-0.1, -0.05) is 43.0 Å². The molecule has 1 amide bonds. The van der Waals surface area contributed by atoms with E-state index in [2.05, 4.69) is 5.32 Å². The molecule has 21 heavy (non-hydrogen) atoms. The molecule has 1 N–H and O–H groups in total. The van der Waals surface area contributed by atoms with Crippen LogP contribution in [0.5, 0.6) is 0 Å². The van der Waals surface area contributed by atoms with E-state index in [0.717, 1.165) is 34.6 Å². The van der Waals surface area contributed by atoms with Crippen LogP contribution in [0.25, 0.3) is 0 Å². The lowest BCUT2D eigenvalue weighted by molar-refractivity contribution is -0.120. The van der Waals surface area contributed by atoms with Crippen LogP contribution in [0.15, 0.2) is 24.3 Å². The first-order chi connectivity index (χ1) is 10.2. The van der Waals surface area contributed by atoms with Crippen molar-refractivity contribution in [3.63, 3.8) is 0 Å². The molecule has 0 radical (unpaired) electrons. The van der Waals surface area contributed by atoms with Crippen LogP contribution < -0.4 is 5.32 Å². The summed E-state index contributed by atoms with van der Waals surface area (Å²) in [6.45, 7) is 0.792. The van der Waals surface area contributed by atoms with Gasteiger partial charge in [-0.25, -0.2) is 0 Å². The summed E-state index contributed by atoms with van der Waals surface area (Å²) in [6.07, 6.45) is 8.20. The van der Waals surface area contributed by atoms with Gasteiger partial charge in [0.25, 0.3) is 0 Å². The Morgan fingerprint density at radius 1 is 1.19 bits per heavy atom. The molecule has 1 fully saturated rings. The Labute approximate surface area is 137 Å². The first-order valence-corrected chi connectivity index (χ1v) is 9.29. The lowest BCUT2D eigenvalue weighted by Gasteiger charge is -2.20. The summed E-state index contributed by atoms with van der Waals surface area (Å²) in [5.41, 5.74) is 1.16. The van der Waals surface area contributed by atoms with Crippen molar-refractivity contribution in [3.8, 4) is 0 Å². The van der Waals surface area contributed by atoms with Crippen LogP contribution in [0, 0.1) is 0 Å². The molecule has 1 aliphatic carbocycles. The smallest absolute Gasteiger partial charge is 0.220 e. The minimum absolute atomic E-state index is 0.147. The van der Waals surface area contributed by atoms with E-state index in [1.165, 1.54) is 32.1 Å². The zero-order valence-electron chi connectivity index (χ0n) is 12.4. The van der Waals surface area contributed by atoms with Crippen molar-refractivity contribution in [2.24, 2.45) is 0 Å². The van der Waals surface area contributed by atoms with E-state index >= 15 is 0 Å². The van der Waals surface area contributed by atoms with Gasteiger partial charge in [-0.05, 0) is 37.0 Å². The van der Waals surface area contributed by atoms with Gasteiger partial charge in [0.05, 0.1) is 0 Å². The van der Waals surface area contributed by atoms with E-state index in [-0.39, 0.29) is 5.91 Å². The van der Waals surface area contributed by atoms with E-state index in [1.807, 2.05) is 36.0 Å². The fourth-order valence-corrected chi connectivity index (χ4v) is 3.99. The summed E-state index contributed by atoms with van der Waals surface area (Å²) in [7, 11) is 0. The van der Waals surface area contributed by atoms with Gasteiger partial charge in [0.15, 0.2) is 0 Å². The quantitative estimate of drug-likeness (QED) is 0.750. The Kier molecular flexibility index (Phi) is 7.45. The van der Waals surface area contributed by atoms with Gasteiger partial charge in [-0.15, -0.1) is 0 Å². The zero-order chi connectivity index (χ0) is 14.9. The number of benzene rings is 1. The highest BCUT2D eigenvalue weighted by Crippen LogP contribution is 2.27. The Morgan fingerprint density at radius 2 is 1.90 bits per heavy atom. The average Bonchev–Trinajstić information content (AvgIpc) is 2.52. The van der Waals surface area contributed by atoms with Gasteiger partial charge >= 0.3 is 0 Å². The van der Waals surface area contributed by atoms with Crippen molar-refractivity contribution < 1.29 is 4.79 Å². The molecular weight excluding hydrogens is 302 g/mol. The average molecular weight is 326 g/mol. The molecule has 2 rings (SSSR count). The number of nitrogens with one attached hydrogen (secondary N) is 1. The molecular formula is C17H24ClNOS. The van der Waals surface area contributed by atoms with E-state index in [0.29, 0.717) is 6.42 Å². The van der Waals surface area contributed by atoms with Crippen LogP contribution in [-0.4, -0.2) is 23.5 Å². The maximum absolute atomic E-state index is 11.8. The lowest BCUT2D eigenvalue weighted by atomic mass is 10.0. The van der Waals surface area contributed by atoms with E-state index in [4.69, 9.17) is 11.6 Å². The van der Waals surface area contributed by atoms with Crippen LogP contribution in [0.4, 0.5) is 0 Å². The van der Waals surface area contributed by atoms with E-state index in [1.54, 1.807) is 0 Å². The fourth-order valence-electron chi connectivity index (χ4n) is 2.65. The molecule has 0 heterocycles. The van der Waals surface area contributed by atoms with Gasteiger partial charge in [0.2, 0.25) is 5.91 Å². The van der Waals surface area contributed by atoms with Gasteiger partial charge in [0, 0.05) is 29.0 Å². The Bertz CT molecular complexity index is 429. The second-order valence-corrected chi connectivity index (χ2v) is 7.45. The molecule has 0 bridgehead atoms. The molecule has 0 unspecified atom stereocenters. The molecule has 4 heteroatoms. The fraction of sp³-hybridized carbons (Fsp3) is 0.588. The second kappa shape index (κ2) is 9.37. The first-order valence-electron chi connectivity index (χ1n) is 7.87. The number of amides is 1. The summed E-state index contributed by atoms with van der Waals surface area (Å²) in [4.78, 5) is 11.8. The molecule has 0 atom stereocenters. The van der Waals surface area contributed by atoms with Crippen molar-refractivity contribution in [2.45, 2.75) is 50.2 Å². The summed E-state index contributed by atoms with van der Waals surface area (Å²) in [5, 5.41) is 4.58. The van der Waals surface area contributed by atoms with Crippen molar-refractivity contribution in [1.82, 2.24) is 5.32 Å². The Hall–Kier alpha value is -0.670. The summed E-state index contributed by atoms with van der Waals surface area (Å²) < 4.78 is 0. The molecule has 2 nitrogen and oxygen atoms in total. The maximum atomic E-state index is 11.8. The third-order valence-corrected chi connectivity index (χ3v) is 5.52. The standard InChI is InChI=1S/C17H24ClNOS/c18-15-9-6-14(7-10-15)8-11-17(20)19-12-13-21-16-4-2-1-3-5-16/h6-7,9-10,16H,1-5,8,11-13H2,(H,19,20). The van der Waals surface area contributed by atoms with Crippen LogP contribution in [-0.2, 0) is 11.2 Å². The normalized spacial score (nSPS) is 15.9. The number of thioether (sulfide) groups is 1. The summed E-state index contributed by atoms with van der Waals surface area (Å²) in [6, 6.07) is 7.70. The summed E-state index contributed by atoms with van der Waals surface area (Å²) >= 11 is 7.87. The van der Waals surface area contributed by atoms with Crippen LogP contribution in [0.2, 0.25) is 5.02 Å². The largest absolute Gasteiger partial charge is 0.355 e. The van der Waals surface area contributed by atoms with Crippen LogP contribution in [0.1, 0.15) is 44.1 Å². The molecule has 0 aromatic heterocycles. The third-order valence-electron chi connectivity index (χ3n) is 3.88. The maximum Gasteiger partial charge on any atom is 0.220 e. The molecule has 0 saturated heterocycles. The number of hydrogen-bond donors (Lipinski definition) is 1. The number of aryl methyl sites for hydroxylation is 1. The van der Waals surface area contributed by atoms with Gasteiger partial charge in [-0.2, -0.15) is 11.8 Å². The van der Waals surface area contributed by atoms with Crippen molar-refractivity contribution in [1.29, 1.82) is 0 Å². The minimum Gasteiger partial charge on any atom is -0.355 e. The molecule has 116 valence electrons. The van der Waals surface area contributed by atoms with Gasteiger partial charge in [-0.3, -0.25) is 4.79 Å². The highest BCUT2D eigenvalue weighted by atomic mass is 35.5. The number of carbonyl (C=O) groups is 1. The van der Waals surface area contributed by atoms with Crippen molar-refractivity contribution >= 4 is 29.3 Å².